The van der Waals surface area contributed by atoms with E-state index in [4.69, 9.17) is 5.73 Å². The zero-order chi connectivity index (χ0) is 11.9. The average molecular weight is 232 g/mol. The highest BCUT2D eigenvalue weighted by Gasteiger charge is 2.23. The third-order valence-electron chi connectivity index (χ3n) is 3.46. The second kappa shape index (κ2) is 7.53. The smallest absolute Gasteiger partial charge is 0.0278 e. The van der Waals surface area contributed by atoms with Gasteiger partial charge in [-0.2, -0.15) is 11.8 Å². The van der Waals surface area contributed by atoms with Crippen LogP contribution in [0.3, 0.4) is 0 Å². The van der Waals surface area contributed by atoms with E-state index in [-0.39, 0.29) is 5.54 Å². The lowest BCUT2D eigenvalue weighted by atomic mass is 9.93. The lowest BCUT2D eigenvalue weighted by molar-refractivity contribution is 0.186. The van der Waals surface area contributed by atoms with Gasteiger partial charge in [0.25, 0.3) is 0 Å². The van der Waals surface area contributed by atoms with Gasteiger partial charge in [0.1, 0.15) is 0 Å². The minimum absolute atomic E-state index is 0.00235. The summed E-state index contributed by atoms with van der Waals surface area (Å²) in [5.41, 5.74) is 6.32. The molecule has 3 heteroatoms. The molecule has 0 aromatic heterocycles. The van der Waals surface area contributed by atoms with Crippen molar-refractivity contribution in [1.82, 2.24) is 4.90 Å². The van der Waals surface area contributed by atoms with Gasteiger partial charge in [-0.1, -0.05) is 13.8 Å². The van der Waals surface area contributed by atoms with Gasteiger partial charge in [0.05, 0.1) is 0 Å². The molecule has 0 aromatic rings. The van der Waals surface area contributed by atoms with Crippen LogP contribution in [0, 0.1) is 0 Å². The molecule has 0 aliphatic heterocycles. The largest absolute Gasteiger partial charge is 0.324 e. The minimum Gasteiger partial charge on any atom is -0.324 e. The summed E-state index contributed by atoms with van der Waals surface area (Å²) in [5.74, 6) is 1.24. The quantitative estimate of drug-likeness (QED) is 0.697. The maximum absolute atomic E-state index is 6.32. The Balaban J connectivity index is 4.03. The molecule has 0 spiro atoms. The van der Waals surface area contributed by atoms with Crippen molar-refractivity contribution in [3.63, 3.8) is 0 Å². The van der Waals surface area contributed by atoms with E-state index < -0.39 is 0 Å². The van der Waals surface area contributed by atoms with Gasteiger partial charge in [-0.15, -0.1) is 0 Å². The average Bonchev–Trinajstić information content (AvgIpc) is 2.25. The first-order chi connectivity index (χ1) is 6.99. The molecule has 2 N–H and O–H groups in total. The van der Waals surface area contributed by atoms with E-state index in [9.17, 15) is 0 Å². The van der Waals surface area contributed by atoms with Crippen molar-refractivity contribution >= 4 is 11.8 Å². The standard InChI is InChI=1S/C12H28N2S/c1-6-12(13,7-2)10-14(4)11(3)8-9-15-5/h11H,6-10,13H2,1-5H3. The molecule has 15 heavy (non-hydrogen) atoms. The molecule has 92 valence electrons. The van der Waals surface area contributed by atoms with Crippen molar-refractivity contribution in [1.29, 1.82) is 0 Å². The third-order valence-corrected chi connectivity index (χ3v) is 4.11. The first-order valence-electron chi connectivity index (χ1n) is 5.97. The molecule has 0 heterocycles. The summed E-state index contributed by atoms with van der Waals surface area (Å²) in [6.07, 6.45) is 5.53. The molecule has 0 rings (SSSR count). The Labute approximate surface area is 100.0 Å². The highest BCUT2D eigenvalue weighted by molar-refractivity contribution is 7.98. The van der Waals surface area contributed by atoms with Crippen LogP contribution in [0.2, 0.25) is 0 Å². The summed E-state index contributed by atoms with van der Waals surface area (Å²) in [6, 6.07) is 0.637. The number of nitrogens with zero attached hydrogens (tertiary/aromatic N) is 1. The minimum atomic E-state index is 0.00235. The Morgan fingerprint density at radius 1 is 1.33 bits per heavy atom. The van der Waals surface area contributed by atoms with Crippen LogP contribution in [-0.2, 0) is 0 Å². The van der Waals surface area contributed by atoms with E-state index in [0.29, 0.717) is 6.04 Å². The fourth-order valence-corrected chi connectivity index (χ4v) is 2.21. The number of hydrogen-bond donors (Lipinski definition) is 1. The van der Waals surface area contributed by atoms with E-state index in [2.05, 4.69) is 39.0 Å². The predicted molar refractivity (Wildman–Crippen MR) is 72.6 cm³/mol. The molecule has 0 aromatic carbocycles. The molecule has 0 aliphatic rings. The van der Waals surface area contributed by atoms with Crippen molar-refractivity contribution in [3.8, 4) is 0 Å². The first-order valence-corrected chi connectivity index (χ1v) is 7.36. The molecule has 0 saturated carbocycles. The van der Waals surface area contributed by atoms with E-state index in [1.807, 2.05) is 11.8 Å². The molecule has 0 amide bonds. The van der Waals surface area contributed by atoms with Crippen LogP contribution < -0.4 is 5.73 Å². The summed E-state index contributed by atoms with van der Waals surface area (Å²) < 4.78 is 0. The van der Waals surface area contributed by atoms with Gasteiger partial charge in [0.15, 0.2) is 0 Å². The van der Waals surface area contributed by atoms with Gasteiger partial charge >= 0.3 is 0 Å². The zero-order valence-electron chi connectivity index (χ0n) is 11.0. The topological polar surface area (TPSA) is 29.3 Å². The van der Waals surface area contributed by atoms with Crippen molar-refractivity contribution < 1.29 is 0 Å². The van der Waals surface area contributed by atoms with Crippen molar-refractivity contribution in [3.05, 3.63) is 0 Å². The van der Waals surface area contributed by atoms with Crippen LogP contribution in [0.4, 0.5) is 0 Å². The number of rotatable bonds is 8. The molecule has 1 unspecified atom stereocenters. The number of nitrogens with two attached hydrogens (primary N) is 1. The molecule has 2 nitrogen and oxygen atoms in total. The van der Waals surface area contributed by atoms with Gasteiger partial charge < -0.3 is 10.6 Å². The Hall–Kier alpha value is 0.270. The van der Waals surface area contributed by atoms with E-state index in [0.717, 1.165) is 19.4 Å². The summed E-state index contributed by atoms with van der Waals surface area (Å²) >= 11 is 1.92. The monoisotopic (exact) mass is 232 g/mol. The first kappa shape index (κ1) is 15.3. The maximum Gasteiger partial charge on any atom is 0.0278 e. The Morgan fingerprint density at radius 3 is 2.27 bits per heavy atom. The fourth-order valence-electron chi connectivity index (χ4n) is 1.63. The molecule has 0 bridgehead atoms. The highest BCUT2D eigenvalue weighted by Crippen LogP contribution is 2.15. The number of thioether (sulfide) groups is 1. The highest BCUT2D eigenvalue weighted by atomic mass is 32.2. The van der Waals surface area contributed by atoms with Crippen molar-refractivity contribution in [2.24, 2.45) is 5.73 Å². The summed E-state index contributed by atoms with van der Waals surface area (Å²) in [5, 5.41) is 0. The van der Waals surface area contributed by atoms with Gasteiger partial charge in [0, 0.05) is 18.1 Å². The van der Waals surface area contributed by atoms with E-state index in [1.165, 1.54) is 12.2 Å². The van der Waals surface area contributed by atoms with Crippen LogP contribution in [0.15, 0.2) is 0 Å². The molecule has 1 atom stereocenters. The van der Waals surface area contributed by atoms with Gasteiger partial charge in [0.2, 0.25) is 0 Å². The normalized spacial score (nSPS) is 14.6. The van der Waals surface area contributed by atoms with E-state index >= 15 is 0 Å². The second-order valence-electron chi connectivity index (χ2n) is 4.62. The van der Waals surface area contributed by atoms with Crippen LogP contribution in [0.5, 0.6) is 0 Å². The van der Waals surface area contributed by atoms with Gasteiger partial charge in [-0.25, -0.2) is 0 Å². The SMILES string of the molecule is CCC(N)(CC)CN(C)C(C)CCSC. The van der Waals surface area contributed by atoms with E-state index in [1.54, 1.807) is 0 Å². The lowest BCUT2D eigenvalue weighted by Crippen LogP contribution is -2.50. The zero-order valence-corrected chi connectivity index (χ0v) is 11.9. The van der Waals surface area contributed by atoms with Crippen LogP contribution in [-0.4, -0.2) is 42.1 Å². The lowest BCUT2D eigenvalue weighted by Gasteiger charge is -2.35. The molecular weight excluding hydrogens is 204 g/mol. The maximum atomic E-state index is 6.32. The molecule has 0 aliphatic carbocycles. The predicted octanol–water partition coefficient (Wildman–Crippen LogP) is 2.58. The van der Waals surface area contributed by atoms with Gasteiger partial charge in [-0.05, 0) is 45.2 Å². The second-order valence-corrected chi connectivity index (χ2v) is 5.60. The summed E-state index contributed by atoms with van der Waals surface area (Å²) in [4.78, 5) is 2.41. The van der Waals surface area contributed by atoms with Crippen molar-refractivity contribution in [2.45, 2.75) is 51.6 Å². The third kappa shape index (κ3) is 5.79. The number of hydrogen-bond acceptors (Lipinski definition) is 3. The molecule has 0 fully saturated rings. The summed E-state index contributed by atoms with van der Waals surface area (Å²) in [7, 11) is 2.19. The summed E-state index contributed by atoms with van der Waals surface area (Å²) in [6.45, 7) is 7.67. The Morgan fingerprint density at radius 2 is 1.87 bits per heavy atom. The number of likely N-dealkylation sites (N-methyl/N-ethyl adjacent to an activating group) is 1. The Kier molecular flexibility index (Phi) is 7.66. The fraction of sp³-hybridized carbons (Fsp3) is 1.00. The van der Waals surface area contributed by atoms with Crippen molar-refractivity contribution in [2.75, 3.05) is 25.6 Å². The van der Waals surface area contributed by atoms with Crippen LogP contribution in [0.25, 0.3) is 0 Å². The molecule has 0 radical (unpaired) electrons. The van der Waals surface area contributed by atoms with Gasteiger partial charge in [-0.3, -0.25) is 0 Å². The van der Waals surface area contributed by atoms with Crippen LogP contribution in [0.1, 0.15) is 40.0 Å². The Bertz CT molecular complexity index is 158. The molecular formula is C12H28N2S. The molecule has 0 saturated heterocycles. The van der Waals surface area contributed by atoms with Crippen LogP contribution >= 0.6 is 11.8 Å².